The van der Waals surface area contributed by atoms with Gasteiger partial charge in [-0.1, -0.05) is 140 Å². The second kappa shape index (κ2) is 16.1. The molecular weight excluding hydrogens is 755 g/mol. The van der Waals surface area contributed by atoms with Gasteiger partial charge >= 0.3 is 16.8 Å². The maximum Gasteiger partial charge on any atom is 0.330 e. The van der Waals surface area contributed by atoms with Crippen molar-refractivity contribution in [3.05, 3.63) is 166 Å². The third-order valence-corrected chi connectivity index (χ3v) is 13.8. The summed E-state index contributed by atoms with van der Waals surface area (Å²) in [4.78, 5) is 0. The molecule has 7 heteroatoms. The van der Waals surface area contributed by atoms with E-state index < -0.39 is 22.2 Å². The van der Waals surface area contributed by atoms with Gasteiger partial charge in [-0.25, -0.2) is 0 Å². The maximum absolute atomic E-state index is 7.46. The van der Waals surface area contributed by atoms with Crippen molar-refractivity contribution in [3.8, 4) is 34.5 Å². The minimum atomic E-state index is -1.77. The van der Waals surface area contributed by atoms with Crippen molar-refractivity contribution in [2.45, 2.75) is 99.3 Å². The van der Waals surface area contributed by atoms with Gasteiger partial charge in [-0.2, -0.15) is 0 Å². The van der Waals surface area contributed by atoms with E-state index in [0.29, 0.717) is 0 Å². The fourth-order valence-corrected chi connectivity index (χ4v) is 10.1. The summed E-state index contributed by atoms with van der Waals surface area (Å²) in [6.45, 7) is 26.4. The Morgan fingerprint density at radius 2 is 0.707 bits per heavy atom. The quantitative estimate of drug-likeness (QED) is 0.129. The number of ether oxygens (including phenoxy) is 1. The molecule has 5 nitrogen and oxygen atoms in total. The largest absolute Gasteiger partial charge is 0.455 e. The highest BCUT2D eigenvalue weighted by atomic mass is 31.2. The van der Waals surface area contributed by atoms with Crippen LogP contribution in [0.15, 0.2) is 121 Å². The number of para-hydroxylation sites is 4. The molecule has 0 aromatic heterocycles. The summed E-state index contributed by atoms with van der Waals surface area (Å²) in [5.74, 6) is 4.56. The topological polar surface area (TPSA) is 46.2 Å². The van der Waals surface area contributed by atoms with E-state index in [1.54, 1.807) is 0 Å². The van der Waals surface area contributed by atoms with Crippen LogP contribution >= 0.6 is 16.8 Å². The van der Waals surface area contributed by atoms with Crippen LogP contribution in [0, 0.1) is 27.7 Å². The van der Waals surface area contributed by atoms with Crippen LogP contribution in [0.4, 0.5) is 0 Å². The Morgan fingerprint density at radius 3 is 0.966 bits per heavy atom. The normalized spacial score (nSPS) is 13.4. The van der Waals surface area contributed by atoms with Crippen LogP contribution in [0.25, 0.3) is 0 Å². The molecule has 6 aromatic rings. The lowest BCUT2D eigenvalue weighted by atomic mass is 9.72. The van der Waals surface area contributed by atoms with Gasteiger partial charge in [-0.05, 0) is 108 Å². The van der Waals surface area contributed by atoms with E-state index in [0.717, 1.165) is 78.5 Å². The number of aryl methyl sites for hydroxylation is 4. The Balaban J connectivity index is 1.49. The molecular formula is C51H56O5P2. The van der Waals surface area contributed by atoms with Crippen molar-refractivity contribution in [3.63, 3.8) is 0 Å². The number of rotatable bonds is 10. The van der Waals surface area contributed by atoms with Crippen molar-refractivity contribution in [1.29, 1.82) is 0 Å². The maximum atomic E-state index is 7.46. The van der Waals surface area contributed by atoms with Crippen LogP contribution < -0.4 is 33.4 Å². The van der Waals surface area contributed by atoms with Gasteiger partial charge in [-0.3, -0.25) is 0 Å². The molecule has 0 saturated carbocycles. The predicted octanol–water partition coefficient (Wildman–Crippen LogP) is 14.1. The van der Waals surface area contributed by atoms with Crippen LogP contribution in [-0.2, 0) is 16.2 Å². The van der Waals surface area contributed by atoms with Gasteiger partial charge in [0.25, 0.3) is 0 Å². The molecule has 0 saturated heterocycles. The van der Waals surface area contributed by atoms with E-state index in [4.69, 9.17) is 22.8 Å². The van der Waals surface area contributed by atoms with E-state index in [2.05, 4.69) is 132 Å². The predicted molar refractivity (Wildman–Crippen MR) is 243 cm³/mol. The molecule has 58 heavy (non-hydrogen) atoms. The lowest BCUT2D eigenvalue weighted by Crippen LogP contribution is -2.33. The Morgan fingerprint density at radius 1 is 0.431 bits per heavy atom. The lowest BCUT2D eigenvalue weighted by molar-refractivity contribution is 0.417. The first-order valence-electron chi connectivity index (χ1n) is 20.0. The SMILES string of the molecule is Cc1ccccc1OP(Oc1ccccc1C)c1cc(C(C)(C)C)cc2c1Oc1c(P(Oc3ccccc3C)Oc3ccccc3C)cc(C(C)(C)C)cc1C2(C)C. The summed E-state index contributed by atoms with van der Waals surface area (Å²) >= 11 is 0. The fourth-order valence-electron chi connectivity index (χ4n) is 6.98. The Hall–Kier alpha value is -4.82. The summed E-state index contributed by atoms with van der Waals surface area (Å²) in [6.07, 6.45) is 0. The summed E-state index contributed by atoms with van der Waals surface area (Å²) in [6, 6.07) is 41.6. The first-order valence-corrected chi connectivity index (χ1v) is 22.4. The van der Waals surface area contributed by atoms with Gasteiger partial charge in [0.15, 0.2) is 0 Å². The molecule has 0 radical (unpaired) electrons. The van der Waals surface area contributed by atoms with Gasteiger partial charge < -0.3 is 22.8 Å². The third-order valence-electron chi connectivity index (χ3n) is 10.9. The Labute approximate surface area is 348 Å². The average Bonchev–Trinajstić information content (AvgIpc) is 3.16. The zero-order chi connectivity index (χ0) is 41.6. The number of hydrogen-bond donors (Lipinski definition) is 0. The van der Waals surface area contributed by atoms with Crippen LogP contribution in [0.1, 0.15) is 99.9 Å². The van der Waals surface area contributed by atoms with Crippen molar-refractivity contribution in [2.24, 2.45) is 0 Å². The van der Waals surface area contributed by atoms with Crippen LogP contribution in [0.3, 0.4) is 0 Å². The lowest BCUT2D eigenvalue weighted by Gasteiger charge is -2.40. The minimum absolute atomic E-state index is 0.179. The highest BCUT2D eigenvalue weighted by Crippen LogP contribution is 2.56. The van der Waals surface area contributed by atoms with E-state index >= 15 is 0 Å². The van der Waals surface area contributed by atoms with E-state index in [1.165, 1.54) is 11.1 Å². The summed E-state index contributed by atoms with van der Waals surface area (Å²) in [5, 5.41) is 1.75. The zero-order valence-electron chi connectivity index (χ0n) is 36.0. The molecule has 0 bridgehead atoms. The average molecular weight is 811 g/mol. The zero-order valence-corrected chi connectivity index (χ0v) is 37.8. The standard InChI is InChI=1S/C51H56O5P2/c1-33-21-13-17-25-41(33)53-57(54-42-26-18-14-22-34(42)2)45-31-37(49(5,6)7)29-39-47(45)52-48-40(51(39,11)12)30-38(50(8,9)10)32-46(48)58(55-43-27-19-15-23-35(43)3)56-44-28-20-16-24-36(44)4/h13-32H,1-12H3. The van der Waals surface area contributed by atoms with Gasteiger partial charge in [0, 0.05) is 16.5 Å². The van der Waals surface area contributed by atoms with Crippen molar-refractivity contribution in [2.75, 3.05) is 0 Å². The molecule has 0 fully saturated rings. The number of hydrogen-bond acceptors (Lipinski definition) is 5. The van der Waals surface area contributed by atoms with E-state index in [1.807, 2.05) is 72.8 Å². The van der Waals surface area contributed by atoms with Crippen LogP contribution in [0.5, 0.6) is 34.5 Å². The molecule has 300 valence electrons. The molecule has 7 rings (SSSR count). The van der Waals surface area contributed by atoms with Crippen LogP contribution in [-0.4, -0.2) is 0 Å². The van der Waals surface area contributed by atoms with Gasteiger partial charge in [0.2, 0.25) is 0 Å². The fraction of sp³-hybridized carbons (Fsp3) is 0.294. The van der Waals surface area contributed by atoms with E-state index in [9.17, 15) is 0 Å². The summed E-state index contributed by atoms with van der Waals surface area (Å²) in [7, 11) is -3.54. The Bertz CT molecular complexity index is 2190. The number of fused-ring (bicyclic) bond motifs is 2. The first-order chi connectivity index (χ1) is 27.4. The Kier molecular flexibility index (Phi) is 11.5. The molecule has 6 aromatic carbocycles. The van der Waals surface area contributed by atoms with Gasteiger partial charge in [0.1, 0.15) is 34.5 Å². The van der Waals surface area contributed by atoms with Crippen LogP contribution in [0.2, 0.25) is 0 Å². The molecule has 0 atom stereocenters. The first kappa shape index (κ1) is 41.3. The molecule has 0 N–H and O–H groups in total. The highest BCUT2D eigenvalue weighted by Gasteiger charge is 2.43. The molecule has 0 spiro atoms. The number of benzene rings is 6. The second-order valence-electron chi connectivity index (χ2n) is 17.9. The molecule has 0 aliphatic carbocycles. The molecule has 0 amide bonds. The van der Waals surface area contributed by atoms with Crippen molar-refractivity contribution < 1.29 is 22.8 Å². The van der Waals surface area contributed by atoms with Crippen molar-refractivity contribution in [1.82, 2.24) is 0 Å². The van der Waals surface area contributed by atoms with Gasteiger partial charge in [-0.15, -0.1) is 0 Å². The summed E-state index contributed by atoms with van der Waals surface area (Å²) < 4.78 is 35.5. The monoisotopic (exact) mass is 810 g/mol. The molecule has 1 aliphatic rings. The molecule has 1 aliphatic heterocycles. The summed E-state index contributed by atoms with van der Waals surface area (Å²) in [5.41, 5.74) is 7.76. The van der Waals surface area contributed by atoms with Gasteiger partial charge in [0.05, 0.1) is 10.6 Å². The minimum Gasteiger partial charge on any atom is -0.455 e. The molecule has 0 unspecified atom stereocenters. The van der Waals surface area contributed by atoms with Crippen molar-refractivity contribution >= 4 is 27.4 Å². The van der Waals surface area contributed by atoms with E-state index in [-0.39, 0.29) is 10.8 Å². The smallest absolute Gasteiger partial charge is 0.330 e. The highest BCUT2D eigenvalue weighted by molar-refractivity contribution is 7.57. The second-order valence-corrected chi connectivity index (χ2v) is 20.6. The molecule has 1 heterocycles. The third kappa shape index (κ3) is 8.49.